The van der Waals surface area contributed by atoms with Crippen molar-refractivity contribution in [2.45, 2.75) is 44.5 Å². The van der Waals surface area contributed by atoms with Gasteiger partial charge in [0, 0.05) is 24.7 Å². The van der Waals surface area contributed by atoms with Crippen molar-refractivity contribution in [3.8, 4) is 22.6 Å². The van der Waals surface area contributed by atoms with E-state index in [-0.39, 0.29) is 28.9 Å². The van der Waals surface area contributed by atoms with E-state index in [2.05, 4.69) is 5.32 Å². The maximum absolute atomic E-state index is 12.0. The average Bonchev–Trinajstić information content (AvgIpc) is 2.95. The van der Waals surface area contributed by atoms with Gasteiger partial charge in [-0.2, -0.15) is 0 Å². The maximum Gasteiger partial charge on any atom is 0.358 e. The van der Waals surface area contributed by atoms with Crippen LogP contribution in [-0.4, -0.2) is 53.2 Å². The molecule has 2 heterocycles. The molecule has 11 heteroatoms. The van der Waals surface area contributed by atoms with Gasteiger partial charge in [-0.15, -0.1) is 0 Å². The molecule has 41 heavy (non-hydrogen) atoms. The van der Waals surface area contributed by atoms with Gasteiger partial charge in [-0.1, -0.05) is 42.5 Å². The van der Waals surface area contributed by atoms with Gasteiger partial charge in [0.25, 0.3) is 4.51 Å². The van der Waals surface area contributed by atoms with Crippen molar-refractivity contribution in [3.05, 3.63) is 83.9 Å². The number of hydrogen-bond acceptors (Lipinski definition) is 9. The fraction of sp³-hybridized carbons (Fsp3) is 0.300. The van der Waals surface area contributed by atoms with Crippen LogP contribution in [0.1, 0.15) is 24.3 Å². The summed E-state index contributed by atoms with van der Waals surface area (Å²) in [5, 5.41) is 2.81. The Balaban J connectivity index is 1.36. The molecule has 2 fully saturated rings. The Morgan fingerprint density at radius 1 is 0.951 bits per heavy atom. The highest BCUT2D eigenvalue weighted by molar-refractivity contribution is 7.82. The van der Waals surface area contributed by atoms with E-state index in [1.807, 2.05) is 55.5 Å². The number of fused-ring (bicyclic) bond motifs is 1. The number of halogens is 1. The summed E-state index contributed by atoms with van der Waals surface area (Å²) < 4.78 is 35.6. The minimum absolute atomic E-state index is 0.0667. The fourth-order valence-electron chi connectivity index (χ4n) is 4.85. The highest BCUT2D eigenvalue weighted by atomic mass is 35.5. The molecule has 0 aliphatic carbocycles. The minimum Gasteiger partial charge on any atom is -0.448 e. The van der Waals surface area contributed by atoms with Crippen molar-refractivity contribution in [1.82, 2.24) is 5.32 Å². The normalized spacial score (nSPS) is 23.5. The summed E-state index contributed by atoms with van der Waals surface area (Å²) >= 11 is 15.9. The number of ether oxygens (including phenoxy) is 6. The molecule has 3 aromatic carbocycles. The van der Waals surface area contributed by atoms with E-state index in [0.29, 0.717) is 11.5 Å². The molecule has 5 rings (SSSR count). The van der Waals surface area contributed by atoms with Crippen LogP contribution in [-0.2, 0) is 23.7 Å². The van der Waals surface area contributed by atoms with Crippen LogP contribution in [0.3, 0.4) is 0 Å². The van der Waals surface area contributed by atoms with Crippen molar-refractivity contribution < 1.29 is 33.2 Å². The SMILES string of the molecule is CC(=O)N[C@H]1CO[C@@H]2COC(c3ccc(C)c(-c4ccc(OC(=S)Cl)cc4)c3)O[C@H]2[C@@H]1OC(=S)Oc1ccccc1. The summed E-state index contributed by atoms with van der Waals surface area (Å²) in [5.41, 5.74) is 3.86. The first-order chi connectivity index (χ1) is 19.8. The van der Waals surface area contributed by atoms with Gasteiger partial charge in [0.2, 0.25) is 5.91 Å². The summed E-state index contributed by atoms with van der Waals surface area (Å²) in [6.45, 7) is 3.94. The standard InChI is InChI=1S/C30H28ClNO7S2/c1-17-8-9-20(14-23(17)19-10-12-22(13-11-19)36-29(31)40)28-35-16-25-27(38-28)26(24(15-34-25)32-18(2)33)39-30(41)37-21-6-4-3-5-7-21/h3-14,24-28H,15-16H2,1-2H3,(H,32,33)/t24-,25+,26+,27+,28?/m0/s1. The van der Waals surface area contributed by atoms with Gasteiger partial charge in [0.15, 0.2) is 12.4 Å². The molecule has 0 bridgehead atoms. The van der Waals surface area contributed by atoms with Gasteiger partial charge in [-0.05, 0) is 77.8 Å². The zero-order chi connectivity index (χ0) is 28.9. The first kappa shape index (κ1) is 29.4. The number of hydrogen-bond donors (Lipinski definition) is 1. The van der Waals surface area contributed by atoms with E-state index in [9.17, 15) is 4.79 Å². The van der Waals surface area contributed by atoms with E-state index in [0.717, 1.165) is 22.3 Å². The second kappa shape index (κ2) is 13.2. The van der Waals surface area contributed by atoms with E-state index < -0.39 is 30.6 Å². The first-order valence-electron chi connectivity index (χ1n) is 12.9. The van der Waals surface area contributed by atoms with Crippen molar-refractivity contribution in [3.63, 3.8) is 0 Å². The molecule has 214 valence electrons. The molecule has 2 aliphatic rings. The van der Waals surface area contributed by atoms with Gasteiger partial charge in [0.05, 0.1) is 19.3 Å². The zero-order valence-electron chi connectivity index (χ0n) is 22.3. The third-order valence-electron chi connectivity index (χ3n) is 6.73. The smallest absolute Gasteiger partial charge is 0.358 e. The van der Waals surface area contributed by atoms with Crippen LogP contribution >= 0.6 is 36.0 Å². The summed E-state index contributed by atoms with van der Waals surface area (Å²) in [4.78, 5) is 12.0. The number of rotatable bonds is 6. The lowest BCUT2D eigenvalue weighted by Crippen LogP contribution is -2.63. The molecular formula is C30H28ClNO7S2. The zero-order valence-corrected chi connectivity index (χ0v) is 24.7. The molecule has 5 atom stereocenters. The number of carbonyl (C=O) groups excluding carboxylic acids is 1. The van der Waals surface area contributed by atoms with Crippen LogP contribution in [0, 0.1) is 6.92 Å². The number of para-hydroxylation sites is 1. The lowest BCUT2D eigenvalue weighted by molar-refractivity contribution is -0.301. The predicted molar refractivity (Wildman–Crippen MR) is 161 cm³/mol. The summed E-state index contributed by atoms with van der Waals surface area (Å²) in [6, 6.07) is 22.0. The molecule has 3 aromatic rings. The second-order valence-corrected chi connectivity index (χ2v) is 10.9. The molecule has 0 spiro atoms. The molecule has 1 N–H and O–H groups in total. The number of benzene rings is 3. The van der Waals surface area contributed by atoms with E-state index in [4.69, 9.17) is 64.5 Å². The maximum atomic E-state index is 12.0. The molecule has 2 saturated heterocycles. The Kier molecular flexibility index (Phi) is 9.49. The average molecular weight is 614 g/mol. The lowest BCUT2D eigenvalue weighted by atomic mass is 9.95. The van der Waals surface area contributed by atoms with E-state index >= 15 is 0 Å². The quantitative estimate of drug-likeness (QED) is 0.281. The van der Waals surface area contributed by atoms with Crippen molar-refractivity contribution in [1.29, 1.82) is 0 Å². The fourth-order valence-corrected chi connectivity index (χ4v) is 5.24. The van der Waals surface area contributed by atoms with Crippen molar-refractivity contribution >= 4 is 51.7 Å². The molecule has 0 aromatic heterocycles. The highest BCUT2D eigenvalue weighted by Crippen LogP contribution is 2.36. The predicted octanol–water partition coefficient (Wildman–Crippen LogP) is 5.63. The molecule has 0 radical (unpaired) electrons. The summed E-state index contributed by atoms with van der Waals surface area (Å²) in [6.07, 6.45) is -2.41. The van der Waals surface area contributed by atoms with Gasteiger partial charge in [0.1, 0.15) is 23.7 Å². The van der Waals surface area contributed by atoms with E-state index in [1.165, 1.54) is 6.92 Å². The summed E-state index contributed by atoms with van der Waals surface area (Å²) in [7, 11) is 0. The Morgan fingerprint density at radius 3 is 2.39 bits per heavy atom. The second-order valence-electron chi connectivity index (χ2n) is 9.63. The van der Waals surface area contributed by atoms with Crippen LogP contribution in [0.2, 0.25) is 0 Å². The van der Waals surface area contributed by atoms with Gasteiger partial charge < -0.3 is 33.7 Å². The molecule has 1 unspecified atom stereocenters. The van der Waals surface area contributed by atoms with Crippen LogP contribution in [0.4, 0.5) is 0 Å². The third-order valence-corrected chi connectivity index (χ3v) is 7.07. The Morgan fingerprint density at radius 2 is 1.68 bits per heavy atom. The Hall–Kier alpha value is -3.12. The third kappa shape index (κ3) is 7.40. The topological polar surface area (TPSA) is 84.5 Å². The number of carbonyl (C=O) groups is 1. The number of amides is 1. The Labute approximate surface area is 253 Å². The highest BCUT2D eigenvalue weighted by Gasteiger charge is 2.48. The Bertz CT molecular complexity index is 1410. The van der Waals surface area contributed by atoms with Gasteiger partial charge in [-0.3, -0.25) is 4.79 Å². The van der Waals surface area contributed by atoms with Crippen LogP contribution in [0.15, 0.2) is 72.8 Å². The molecule has 0 saturated carbocycles. The minimum atomic E-state index is -0.707. The number of nitrogens with one attached hydrogen (secondary N) is 1. The largest absolute Gasteiger partial charge is 0.448 e. The van der Waals surface area contributed by atoms with Crippen LogP contribution in [0.5, 0.6) is 11.5 Å². The molecular weight excluding hydrogens is 586 g/mol. The molecule has 8 nitrogen and oxygen atoms in total. The van der Waals surface area contributed by atoms with E-state index in [1.54, 1.807) is 24.3 Å². The van der Waals surface area contributed by atoms with Gasteiger partial charge >= 0.3 is 5.24 Å². The lowest BCUT2D eigenvalue weighted by Gasteiger charge is -2.46. The number of aryl methyl sites for hydroxylation is 1. The monoisotopic (exact) mass is 613 g/mol. The number of thiocarbonyl (C=S) groups is 2. The van der Waals surface area contributed by atoms with Crippen molar-refractivity contribution in [2.24, 2.45) is 0 Å². The summed E-state index contributed by atoms with van der Waals surface area (Å²) in [5.74, 6) is 0.871. The van der Waals surface area contributed by atoms with Crippen LogP contribution in [0.25, 0.3) is 11.1 Å². The van der Waals surface area contributed by atoms with Crippen molar-refractivity contribution in [2.75, 3.05) is 13.2 Å². The molecule has 2 aliphatic heterocycles. The molecule has 1 amide bonds. The first-order valence-corrected chi connectivity index (χ1v) is 14.1. The van der Waals surface area contributed by atoms with Crippen LogP contribution < -0.4 is 14.8 Å². The van der Waals surface area contributed by atoms with Gasteiger partial charge in [-0.25, -0.2) is 0 Å².